The lowest BCUT2D eigenvalue weighted by Crippen LogP contribution is -2.25. The van der Waals surface area contributed by atoms with E-state index in [1.165, 1.54) is 31.4 Å². The number of carbonyl (C=O) groups excluding carboxylic acids is 1. The Morgan fingerprint density at radius 2 is 2.06 bits per heavy atom. The van der Waals surface area contributed by atoms with Crippen LogP contribution in [0.1, 0.15) is 31.2 Å². The first-order valence-corrected chi connectivity index (χ1v) is 6.86. The number of nitrogens with two attached hydrogens (primary N) is 1. The Morgan fingerprint density at radius 3 is 2.78 bits per heavy atom. The van der Waals surface area contributed by atoms with E-state index in [1.807, 2.05) is 12.1 Å². The van der Waals surface area contributed by atoms with Gasteiger partial charge in [0.1, 0.15) is 0 Å². The van der Waals surface area contributed by atoms with E-state index < -0.39 is 0 Å². The van der Waals surface area contributed by atoms with E-state index in [2.05, 4.69) is 17.4 Å². The van der Waals surface area contributed by atoms with Crippen molar-refractivity contribution in [2.45, 2.75) is 38.1 Å². The number of anilines is 1. The van der Waals surface area contributed by atoms with Crippen molar-refractivity contribution in [1.82, 2.24) is 0 Å². The Hall–Kier alpha value is -1.51. The van der Waals surface area contributed by atoms with Gasteiger partial charge in [0.15, 0.2) is 0 Å². The fourth-order valence-corrected chi connectivity index (χ4v) is 3.22. The summed E-state index contributed by atoms with van der Waals surface area (Å²) in [4.78, 5) is 10.8. The van der Waals surface area contributed by atoms with Gasteiger partial charge in [-0.2, -0.15) is 0 Å². The zero-order valence-corrected chi connectivity index (χ0v) is 10.6. The number of amides is 1. The van der Waals surface area contributed by atoms with Crippen molar-refractivity contribution in [3.8, 4) is 0 Å². The van der Waals surface area contributed by atoms with E-state index in [9.17, 15) is 4.79 Å². The van der Waals surface area contributed by atoms with Crippen molar-refractivity contribution in [1.29, 1.82) is 0 Å². The lowest BCUT2D eigenvalue weighted by atomic mass is 9.95. The number of rotatable bonds is 4. The molecule has 3 nitrogen and oxygen atoms in total. The molecule has 3 rings (SSSR count). The lowest BCUT2D eigenvalue weighted by molar-refractivity contribution is -0.117. The molecule has 0 radical (unpaired) electrons. The van der Waals surface area contributed by atoms with Gasteiger partial charge in [0, 0.05) is 11.7 Å². The van der Waals surface area contributed by atoms with Gasteiger partial charge in [-0.05, 0) is 42.4 Å². The quantitative estimate of drug-likeness (QED) is 0.854. The maximum absolute atomic E-state index is 10.8. The lowest BCUT2D eigenvalue weighted by Gasteiger charge is -2.23. The van der Waals surface area contributed by atoms with Crippen LogP contribution in [-0.4, -0.2) is 11.9 Å². The summed E-state index contributed by atoms with van der Waals surface area (Å²) in [5.74, 6) is 1.62. The molecule has 3 atom stereocenters. The molecule has 1 aromatic carbocycles. The number of nitrogens with one attached hydrogen (secondary N) is 1. The van der Waals surface area contributed by atoms with Crippen molar-refractivity contribution in [3.63, 3.8) is 0 Å². The summed E-state index contributed by atoms with van der Waals surface area (Å²) in [6.45, 7) is 0. The molecule has 3 N–H and O–H groups in total. The summed E-state index contributed by atoms with van der Waals surface area (Å²) in [5, 5.41) is 3.64. The number of hydrogen-bond donors (Lipinski definition) is 2. The van der Waals surface area contributed by atoms with Gasteiger partial charge in [0.2, 0.25) is 5.91 Å². The van der Waals surface area contributed by atoms with Gasteiger partial charge < -0.3 is 11.1 Å². The zero-order chi connectivity index (χ0) is 12.5. The van der Waals surface area contributed by atoms with E-state index >= 15 is 0 Å². The highest BCUT2D eigenvalue weighted by Crippen LogP contribution is 2.50. The highest BCUT2D eigenvalue weighted by molar-refractivity contribution is 5.76. The molecule has 1 unspecified atom stereocenters. The van der Waals surface area contributed by atoms with Crippen molar-refractivity contribution >= 4 is 11.6 Å². The van der Waals surface area contributed by atoms with E-state index in [-0.39, 0.29) is 5.91 Å². The second-order valence-corrected chi connectivity index (χ2v) is 5.68. The van der Waals surface area contributed by atoms with E-state index in [1.54, 1.807) is 0 Å². The third-order valence-electron chi connectivity index (χ3n) is 4.27. The molecule has 1 aromatic rings. The van der Waals surface area contributed by atoms with Crippen LogP contribution in [-0.2, 0) is 11.2 Å². The van der Waals surface area contributed by atoms with Crippen LogP contribution in [0.4, 0.5) is 5.69 Å². The molecule has 0 aliphatic heterocycles. The van der Waals surface area contributed by atoms with Crippen LogP contribution in [0.5, 0.6) is 0 Å². The van der Waals surface area contributed by atoms with E-state index in [4.69, 9.17) is 5.73 Å². The molecule has 2 aliphatic rings. The minimum atomic E-state index is -0.274. The topological polar surface area (TPSA) is 55.1 Å². The van der Waals surface area contributed by atoms with Crippen molar-refractivity contribution in [2.75, 3.05) is 5.32 Å². The molecular weight excluding hydrogens is 224 g/mol. The summed E-state index contributed by atoms with van der Waals surface area (Å²) < 4.78 is 0. The molecule has 2 fully saturated rings. The van der Waals surface area contributed by atoms with Gasteiger partial charge >= 0.3 is 0 Å². The molecule has 0 bridgehead atoms. The molecule has 96 valence electrons. The smallest absolute Gasteiger partial charge is 0.221 e. The summed E-state index contributed by atoms with van der Waals surface area (Å²) >= 11 is 0. The van der Waals surface area contributed by atoms with Crippen molar-refractivity contribution < 1.29 is 4.79 Å². The SMILES string of the molecule is NC(=O)Cc1ccc(NC2CCC[C@H]3C[C@@H]23)cc1. The number of benzene rings is 1. The minimum Gasteiger partial charge on any atom is -0.382 e. The van der Waals surface area contributed by atoms with Crippen LogP contribution >= 0.6 is 0 Å². The van der Waals surface area contributed by atoms with Gasteiger partial charge in [-0.25, -0.2) is 0 Å². The van der Waals surface area contributed by atoms with Gasteiger partial charge in [0.05, 0.1) is 6.42 Å². The first-order valence-electron chi connectivity index (χ1n) is 6.86. The molecule has 2 saturated carbocycles. The Bertz CT molecular complexity index is 440. The Morgan fingerprint density at radius 1 is 1.28 bits per heavy atom. The highest BCUT2D eigenvalue weighted by Gasteiger charge is 2.44. The van der Waals surface area contributed by atoms with E-state index in [0.717, 1.165) is 17.4 Å². The maximum Gasteiger partial charge on any atom is 0.221 e. The molecule has 18 heavy (non-hydrogen) atoms. The van der Waals surface area contributed by atoms with Gasteiger partial charge in [-0.1, -0.05) is 25.0 Å². The third kappa shape index (κ3) is 2.50. The van der Waals surface area contributed by atoms with Crippen LogP contribution in [0.15, 0.2) is 24.3 Å². The van der Waals surface area contributed by atoms with E-state index in [0.29, 0.717) is 12.5 Å². The predicted molar refractivity (Wildman–Crippen MR) is 72.2 cm³/mol. The summed E-state index contributed by atoms with van der Waals surface area (Å²) in [6.07, 6.45) is 5.83. The third-order valence-corrected chi connectivity index (χ3v) is 4.27. The fourth-order valence-electron chi connectivity index (χ4n) is 3.22. The molecule has 1 amide bonds. The van der Waals surface area contributed by atoms with Crippen LogP contribution in [0.2, 0.25) is 0 Å². The predicted octanol–water partition coefficient (Wildman–Crippen LogP) is 2.31. The fraction of sp³-hybridized carbons (Fsp3) is 0.533. The number of fused-ring (bicyclic) bond motifs is 1. The second kappa shape index (κ2) is 4.63. The van der Waals surface area contributed by atoms with Gasteiger partial charge in [-0.15, -0.1) is 0 Å². The summed E-state index contributed by atoms with van der Waals surface area (Å²) in [7, 11) is 0. The van der Waals surface area contributed by atoms with Crippen LogP contribution in [0.3, 0.4) is 0 Å². The summed E-state index contributed by atoms with van der Waals surface area (Å²) in [5.41, 5.74) is 7.34. The van der Waals surface area contributed by atoms with Gasteiger partial charge in [0.25, 0.3) is 0 Å². The first kappa shape index (κ1) is 11.6. The molecule has 3 heteroatoms. The standard InChI is InChI=1S/C15H20N2O/c16-15(18)8-10-4-6-12(7-5-10)17-14-3-1-2-11-9-13(11)14/h4-7,11,13-14,17H,1-3,8-9H2,(H2,16,18)/t11-,13+,14?/m0/s1. The number of primary amides is 1. The highest BCUT2D eigenvalue weighted by atomic mass is 16.1. The minimum absolute atomic E-state index is 0.274. The average Bonchev–Trinajstić information content (AvgIpc) is 3.11. The maximum atomic E-state index is 10.8. The molecular formula is C15H20N2O. The first-order chi connectivity index (χ1) is 8.72. The summed E-state index contributed by atoms with van der Waals surface area (Å²) in [6, 6.07) is 8.75. The van der Waals surface area contributed by atoms with Crippen molar-refractivity contribution in [2.24, 2.45) is 17.6 Å². The van der Waals surface area contributed by atoms with Crippen molar-refractivity contribution in [3.05, 3.63) is 29.8 Å². The molecule has 0 aromatic heterocycles. The Kier molecular flexibility index (Phi) is 2.98. The Labute approximate surface area is 108 Å². The molecule has 0 spiro atoms. The zero-order valence-electron chi connectivity index (χ0n) is 10.6. The van der Waals surface area contributed by atoms with Crippen LogP contribution in [0.25, 0.3) is 0 Å². The normalized spacial score (nSPS) is 29.4. The van der Waals surface area contributed by atoms with Crippen LogP contribution < -0.4 is 11.1 Å². The Balaban J connectivity index is 1.61. The average molecular weight is 244 g/mol. The molecule has 0 saturated heterocycles. The second-order valence-electron chi connectivity index (χ2n) is 5.68. The monoisotopic (exact) mass is 244 g/mol. The largest absolute Gasteiger partial charge is 0.382 e. The number of hydrogen-bond acceptors (Lipinski definition) is 2. The van der Waals surface area contributed by atoms with Gasteiger partial charge in [-0.3, -0.25) is 4.79 Å². The number of carbonyl (C=O) groups is 1. The van der Waals surface area contributed by atoms with Crippen LogP contribution in [0, 0.1) is 11.8 Å². The molecule has 2 aliphatic carbocycles. The molecule has 0 heterocycles.